The molecule has 1 amide bonds. The van der Waals surface area contributed by atoms with Crippen molar-refractivity contribution < 1.29 is 14.1 Å². The lowest BCUT2D eigenvalue weighted by molar-refractivity contribution is 0.0950. The van der Waals surface area contributed by atoms with Crippen molar-refractivity contribution >= 4 is 11.6 Å². The third-order valence-corrected chi connectivity index (χ3v) is 3.74. The van der Waals surface area contributed by atoms with Crippen LogP contribution in [0, 0.1) is 13.8 Å². The van der Waals surface area contributed by atoms with Crippen LogP contribution in [0.2, 0.25) is 0 Å². The molecule has 0 unspecified atom stereocenters. The summed E-state index contributed by atoms with van der Waals surface area (Å²) in [4.78, 5) is 12.1. The van der Waals surface area contributed by atoms with E-state index in [4.69, 9.17) is 15.0 Å². The summed E-state index contributed by atoms with van der Waals surface area (Å²) in [6, 6.07) is 5.38. The number of nitrogens with zero attached hydrogens (tertiary/aromatic N) is 1. The van der Waals surface area contributed by atoms with Gasteiger partial charge in [0, 0.05) is 11.6 Å². The SMILES string of the molecule is Cc1noc(C)c1COc1cc(C(=O)NC2CC2)ccc1N. The van der Waals surface area contributed by atoms with Crippen molar-refractivity contribution in [2.75, 3.05) is 5.73 Å². The maximum absolute atomic E-state index is 12.1. The molecule has 3 N–H and O–H groups in total. The summed E-state index contributed by atoms with van der Waals surface area (Å²) in [5.74, 6) is 1.12. The largest absolute Gasteiger partial charge is 0.487 e. The second kappa shape index (κ2) is 5.71. The Hall–Kier alpha value is -2.50. The van der Waals surface area contributed by atoms with E-state index < -0.39 is 0 Å². The lowest BCUT2D eigenvalue weighted by Gasteiger charge is -2.11. The van der Waals surface area contributed by atoms with Gasteiger partial charge < -0.3 is 20.3 Å². The van der Waals surface area contributed by atoms with Crippen LogP contribution in [0.3, 0.4) is 0 Å². The van der Waals surface area contributed by atoms with Crippen LogP contribution in [0.4, 0.5) is 5.69 Å². The van der Waals surface area contributed by atoms with E-state index in [2.05, 4.69) is 10.5 Å². The number of nitrogens with two attached hydrogens (primary N) is 1. The van der Waals surface area contributed by atoms with Gasteiger partial charge in [0.1, 0.15) is 18.1 Å². The van der Waals surface area contributed by atoms with Crippen LogP contribution in [-0.2, 0) is 6.61 Å². The summed E-state index contributed by atoms with van der Waals surface area (Å²) in [7, 11) is 0. The molecule has 22 heavy (non-hydrogen) atoms. The van der Waals surface area contributed by atoms with E-state index in [-0.39, 0.29) is 5.91 Å². The van der Waals surface area contributed by atoms with Crippen LogP contribution in [-0.4, -0.2) is 17.1 Å². The molecule has 0 atom stereocenters. The van der Waals surface area contributed by atoms with Gasteiger partial charge in [-0.1, -0.05) is 5.16 Å². The summed E-state index contributed by atoms with van der Waals surface area (Å²) in [5, 5.41) is 6.83. The fraction of sp³-hybridized carbons (Fsp3) is 0.375. The van der Waals surface area contributed by atoms with Gasteiger partial charge in [-0.2, -0.15) is 0 Å². The fourth-order valence-electron chi connectivity index (χ4n) is 2.15. The van der Waals surface area contributed by atoms with E-state index in [0.29, 0.717) is 29.6 Å². The number of hydrogen-bond donors (Lipinski definition) is 2. The van der Waals surface area contributed by atoms with Gasteiger partial charge in [-0.25, -0.2) is 0 Å². The van der Waals surface area contributed by atoms with Crippen molar-refractivity contribution in [3.8, 4) is 5.75 Å². The van der Waals surface area contributed by atoms with Crippen LogP contribution in [0.1, 0.15) is 40.2 Å². The quantitative estimate of drug-likeness (QED) is 0.827. The Morgan fingerprint density at radius 3 is 2.86 bits per heavy atom. The maximum atomic E-state index is 12.1. The molecule has 1 heterocycles. The first-order valence-corrected chi connectivity index (χ1v) is 7.29. The highest BCUT2D eigenvalue weighted by Crippen LogP contribution is 2.26. The minimum Gasteiger partial charge on any atom is -0.487 e. The number of rotatable bonds is 5. The van der Waals surface area contributed by atoms with Gasteiger partial charge in [0.25, 0.3) is 5.91 Å². The van der Waals surface area contributed by atoms with Crippen molar-refractivity contribution in [1.82, 2.24) is 10.5 Å². The van der Waals surface area contributed by atoms with Gasteiger partial charge >= 0.3 is 0 Å². The van der Waals surface area contributed by atoms with Crippen molar-refractivity contribution in [2.24, 2.45) is 0 Å². The number of ether oxygens (including phenoxy) is 1. The van der Waals surface area contributed by atoms with Crippen molar-refractivity contribution in [3.05, 3.63) is 40.8 Å². The van der Waals surface area contributed by atoms with Crippen molar-refractivity contribution in [3.63, 3.8) is 0 Å². The Labute approximate surface area is 128 Å². The van der Waals surface area contributed by atoms with E-state index in [0.717, 1.165) is 29.9 Å². The standard InChI is InChI=1S/C16H19N3O3/c1-9-13(10(2)22-19-9)8-21-15-7-11(3-6-14(15)17)16(20)18-12-4-5-12/h3,6-7,12H,4-5,8,17H2,1-2H3,(H,18,20). The molecule has 1 saturated carbocycles. The molecule has 3 rings (SSSR count). The van der Waals surface area contributed by atoms with Gasteiger partial charge in [0.2, 0.25) is 0 Å². The Morgan fingerprint density at radius 2 is 2.23 bits per heavy atom. The average Bonchev–Trinajstić information content (AvgIpc) is 3.25. The zero-order valence-corrected chi connectivity index (χ0v) is 12.7. The molecule has 0 saturated heterocycles. The van der Waals surface area contributed by atoms with Gasteiger partial charge in [0.15, 0.2) is 0 Å². The summed E-state index contributed by atoms with van der Waals surface area (Å²) < 4.78 is 10.9. The second-order valence-corrected chi connectivity index (χ2v) is 5.59. The van der Waals surface area contributed by atoms with Crippen molar-refractivity contribution in [1.29, 1.82) is 0 Å². The fourth-order valence-corrected chi connectivity index (χ4v) is 2.15. The molecule has 0 aliphatic heterocycles. The third kappa shape index (κ3) is 3.05. The highest BCUT2D eigenvalue weighted by molar-refractivity contribution is 5.95. The van der Waals surface area contributed by atoms with Crippen LogP contribution in [0.15, 0.2) is 22.7 Å². The molecule has 1 aromatic carbocycles. The van der Waals surface area contributed by atoms with Gasteiger partial charge in [-0.05, 0) is 44.9 Å². The normalized spacial score (nSPS) is 13.9. The number of nitrogens with one attached hydrogen (secondary N) is 1. The molecule has 0 spiro atoms. The van der Waals surface area contributed by atoms with E-state index in [1.807, 2.05) is 13.8 Å². The van der Waals surface area contributed by atoms with Crippen molar-refractivity contribution in [2.45, 2.75) is 39.3 Å². The number of aryl methyl sites for hydroxylation is 2. The molecule has 6 nitrogen and oxygen atoms in total. The molecular weight excluding hydrogens is 282 g/mol. The zero-order valence-electron chi connectivity index (χ0n) is 12.7. The molecule has 0 bridgehead atoms. The number of nitrogen functional groups attached to an aromatic ring is 1. The summed E-state index contributed by atoms with van der Waals surface area (Å²) in [6.45, 7) is 4.00. The molecule has 1 aliphatic rings. The molecule has 1 aromatic heterocycles. The number of anilines is 1. The Morgan fingerprint density at radius 1 is 1.45 bits per heavy atom. The molecule has 1 aliphatic carbocycles. The smallest absolute Gasteiger partial charge is 0.251 e. The van der Waals surface area contributed by atoms with Crippen LogP contribution in [0.5, 0.6) is 5.75 Å². The van der Waals surface area contributed by atoms with E-state index in [9.17, 15) is 4.79 Å². The Bertz CT molecular complexity index is 685. The van der Waals surface area contributed by atoms with Gasteiger partial charge in [0.05, 0.1) is 16.9 Å². The predicted octanol–water partition coefficient (Wildman–Crippen LogP) is 2.34. The minimum absolute atomic E-state index is 0.0929. The summed E-state index contributed by atoms with van der Waals surface area (Å²) >= 11 is 0. The lowest BCUT2D eigenvalue weighted by Crippen LogP contribution is -2.25. The molecule has 6 heteroatoms. The lowest BCUT2D eigenvalue weighted by atomic mass is 10.1. The topological polar surface area (TPSA) is 90.4 Å². The van der Waals surface area contributed by atoms with E-state index >= 15 is 0 Å². The summed E-state index contributed by atoms with van der Waals surface area (Å²) in [6.07, 6.45) is 2.10. The number of aromatic nitrogens is 1. The number of carbonyl (C=O) groups is 1. The van der Waals surface area contributed by atoms with E-state index in [1.165, 1.54) is 0 Å². The number of benzene rings is 1. The molecule has 0 radical (unpaired) electrons. The van der Waals surface area contributed by atoms with Crippen LogP contribution in [0.25, 0.3) is 0 Å². The predicted molar refractivity (Wildman–Crippen MR) is 81.7 cm³/mol. The van der Waals surface area contributed by atoms with E-state index in [1.54, 1.807) is 18.2 Å². The molecular formula is C16H19N3O3. The first-order valence-electron chi connectivity index (χ1n) is 7.29. The van der Waals surface area contributed by atoms with Crippen LogP contribution >= 0.6 is 0 Å². The van der Waals surface area contributed by atoms with Gasteiger partial charge in [-0.3, -0.25) is 4.79 Å². The Kier molecular flexibility index (Phi) is 3.75. The summed E-state index contributed by atoms with van der Waals surface area (Å²) in [5.41, 5.74) is 8.65. The van der Waals surface area contributed by atoms with Gasteiger partial charge in [-0.15, -0.1) is 0 Å². The van der Waals surface area contributed by atoms with Crippen LogP contribution < -0.4 is 15.8 Å². The minimum atomic E-state index is -0.0929. The number of amides is 1. The Balaban J connectivity index is 1.73. The first kappa shape index (κ1) is 14.4. The highest BCUT2D eigenvalue weighted by atomic mass is 16.5. The second-order valence-electron chi connectivity index (χ2n) is 5.59. The molecule has 116 valence electrons. The highest BCUT2D eigenvalue weighted by Gasteiger charge is 2.24. The molecule has 1 fully saturated rings. The first-order chi connectivity index (χ1) is 10.5. The number of carbonyl (C=O) groups excluding carboxylic acids is 1. The molecule has 2 aromatic rings. The third-order valence-electron chi connectivity index (χ3n) is 3.74. The monoisotopic (exact) mass is 301 g/mol. The average molecular weight is 301 g/mol. The maximum Gasteiger partial charge on any atom is 0.251 e. The zero-order chi connectivity index (χ0) is 15.7. The number of hydrogen-bond acceptors (Lipinski definition) is 5.